The molecule has 2 rings (SSSR count). The van der Waals surface area contributed by atoms with Crippen LogP contribution in [-0.4, -0.2) is 18.4 Å². The van der Waals surface area contributed by atoms with Gasteiger partial charge in [0.25, 0.3) is 0 Å². The molecule has 0 amide bonds. The highest BCUT2D eigenvalue weighted by Gasteiger charge is 2.14. The topological polar surface area (TPSA) is 95.7 Å². The quantitative estimate of drug-likeness (QED) is 0.910. The smallest absolute Gasteiger partial charge is 0.240 e. The molecule has 0 bridgehead atoms. The molecule has 1 aromatic carbocycles. The first-order chi connectivity index (χ1) is 9.51. The Morgan fingerprint density at radius 3 is 2.75 bits per heavy atom. The van der Waals surface area contributed by atoms with E-state index in [1.807, 2.05) is 6.07 Å². The van der Waals surface area contributed by atoms with E-state index in [1.165, 1.54) is 24.4 Å². The molecule has 0 fully saturated rings. The Bertz CT molecular complexity index is 749. The predicted molar refractivity (Wildman–Crippen MR) is 72.0 cm³/mol. The SMILES string of the molecule is Cc1cnc(CNS(=O)(=O)c2cccc(C#N)c2)cn1. The molecule has 0 spiro atoms. The fourth-order valence-corrected chi connectivity index (χ4v) is 2.54. The van der Waals surface area contributed by atoms with Gasteiger partial charge >= 0.3 is 0 Å². The number of hydrogen-bond donors (Lipinski definition) is 1. The molecule has 1 heterocycles. The number of aryl methyl sites for hydroxylation is 1. The number of sulfonamides is 1. The molecule has 1 aromatic heterocycles. The second-order valence-electron chi connectivity index (χ2n) is 4.11. The van der Waals surface area contributed by atoms with Crippen LogP contribution in [0.5, 0.6) is 0 Å². The van der Waals surface area contributed by atoms with E-state index in [9.17, 15) is 8.42 Å². The summed E-state index contributed by atoms with van der Waals surface area (Å²) in [5.41, 5.74) is 1.58. The van der Waals surface area contributed by atoms with Crippen LogP contribution in [0.2, 0.25) is 0 Å². The molecule has 0 radical (unpaired) electrons. The van der Waals surface area contributed by atoms with Gasteiger partial charge in [-0.05, 0) is 25.1 Å². The van der Waals surface area contributed by atoms with E-state index in [-0.39, 0.29) is 11.4 Å². The van der Waals surface area contributed by atoms with Gasteiger partial charge in [0.1, 0.15) is 0 Å². The fourth-order valence-electron chi connectivity index (χ4n) is 1.50. The molecule has 0 saturated heterocycles. The summed E-state index contributed by atoms with van der Waals surface area (Å²) in [7, 11) is -3.67. The Hall–Kier alpha value is -2.30. The Morgan fingerprint density at radius 2 is 2.10 bits per heavy atom. The Labute approximate surface area is 117 Å². The molecular formula is C13H12N4O2S. The predicted octanol–water partition coefficient (Wildman–Crippen LogP) is 1.14. The first-order valence-corrected chi connectivity index (χ1v) is 7.27. The van der Waals surface area contributed by atoms with Crippen LogP contribution in [0, 0.1) is 18.3 Å². The Morgan fingerprint density at radius 1 is 1.30 bits per heavy atom. The zero-order chi connectivity index (χ0) is 14.6. The molecule has 0 atom stereocenters. The second-order valence-corrected chi connectivity index (χ2v) is 5.88. The van der Waals surface area contributed by atoms with E-state index in [4.69, 9.17) is 5.26 Å². The first-order valence-electron chi connectivity index (χ1n) is 5.78. The third-order valence-electron chi connectivity index (χ3n) is 2.55. The standard InChI is InChI=1S/C13H12N4O2S/c1-10-7-16-12(8-15-10)9-17-20(18,19)13-4-2-3-11(5-13)6-14/h2-5,7-8,17H,9H2,1H3. The Balaban J connectivity index is 2.15. The summed E-state index contributed by atoms with van der Waals surface area (Å²) in [5, 5.41) is 8.78. The van der Waals surface area contributed by atoms with Crippen molar-refractivity contribution in [1.82, 2.24) is 14.7 Å². The molecule has 2 aromatic rings. The maximum atomic E-state index is 12.1. The minimum Gasteiger partial charge on any atom is -0.258 e. The molecule has 20 heavy (non-hydrogen) atoms. The molecule has 7 heteroatoms. The molecule has 0 aliphatic rings. The van der Waals surface area contributed by atoms with Crippen molar-refractivity contribution in [2.75, 3.05) is 0 Å². The minimum atomic E-state index is -3.67. The van der Waals surface area contributed by atoms with E-state index in [0.29, 0.717) is 11.3 Å². The van der Waals surface area contributed by atoms with Crippen LogP contribution in [0.15, 0.2) is 41.6 Å². The first kappa shape index (κ1) is 14.1. The van der Waals surface area contributed by atoms with Crippen molar-refractivity contribution in [2.24, 2.45) is 0 Å². The largest absolute Gasteiger partial charge is 0.258 e. The number of aromatic nitrogens is 2. The van der Waals surface area contributed by atoms with Gasteiger partial charge in [0.15, 0.2) is 0 Å². The average molecular weight is 288 g/mol. The fraction of sp³-hybridized carbons (Fsp3) is 0.154. The third kappa shape index (κ3) is 3.38. The van der Waals surface area contributed by atoms with Crippen molar-refractivity contribution in [2.45, 2.75) is 18.4 Å². The normalized spacial score (nSPS) is 11.0. The lowest BCUT2D eigenvalue weighted by molar-refractivity contribution is 0.580. The number of hydrogen-bond acceptors (Lipinski definition) is 5. The van der Waals surface area contributed by atoms with E-state index in [2.05, 4.69) is 14.7 Å². The van der Waals surface area contributed by atoms with Crippen LogP contribution in [0.25, 0.3) is 0 Å². The van der Waals surface area contributed by atoms with Gasteiger partial charge in [-0.25, -0.2) is 13.1 Å². The maximum absolute atomic E-state index is 12.1. The highest BCUT2D eigenvalue weighted by Crippen LogP contribution is 2.11. The lowest BCUT2D eigenvalue weighted by Gasteiger charge is -2.06. The summed E-state index contributed by atoms with van der Waals surface area (Å²) in [6, 6.07) is 7.73. The molecule has 0 saturated carbocycles. The van der Waals surface area contributed by atoms with Crippen LogP contribution in [0.1, 0.15) is 17.0 Å². The lowest BCUT2D eigenvalue weighted by Crippen LogP contribution is -2.23. The van der Waals surface area contributed by atoms with Crippen LogP contribution in [0.3, 0.4) is 0 Å². The number of rotatable bonds is 4. The van der Waals surface area contributed by atoms with Gasteiger partial charge in [0.05, 0.1) is 40.7 Å². The summed E-state index contributed by atoms with van der Waals surface area (Å²) in [4.78, 5) is 8.16. The third-order valence-corrected chi connectivity index (χ3v) is 3.95. The molecule has 0 aliphatic heterocycles. The van der Waals surface area contributed by atoms with Gasteiger partial charge in [0, 0.05) is 6.20 Å². The summed E-state index contributed by atoms with van der Waals surface area (Å²) < 4.78 is 26.6. The number of benzene rings is 1. The summed E-state index contributed by atoms with van der Waals surface area (Å²) in [6.07, 6.45) is 3.09. The van der Waals surface area contributed by atoms with E-state index < -0.39 is 10.0 Å². The molecular weight excluding hydrogens is 276 g/mol. The Kier molecular flexibility index (Phi) is 4.08. The maximum Gasteiger partial charge on any atom is 0.240 e. The number of nitrogens with zero attached hydrogens (tertiary/aromatic N) is 3. The van der Waals surface area contributed by atoms with Gasteiger partial charge in [0.2, 0.25) is 10.0 Å². The summed E-state index contributed by atoms with van der Waals surface area (Å²) in [6.45, 7) is 1.85. The van der Waals surface area contributed by atoms with Crippen molar-refractivity contribution >= 4 is 10.0 Å². The van der Waals surface area contributed by atoms with Gasteiger partial charge in [-0.15, -0.1) is 0 Å². The summed E-state index contributed by atoms with van der Waals surface area (Å²) >= 11 is 0. The monoisotopic (exact) mass is 288 g/mol. The zero-order valence-corrected chi connectivity index (χ0v) is 11.6. The van der Waals surface area contributed by atoms with E-state index in [1.54, 1.807) is 19.2 Å². The highest BCUT2D eigenvalue weighted by atomic mass is 32.2. The number of nitriles is 1. The van der Waals surface area contributed by atoms with Gasteiger partial charge in [-0.1, -0.05) is 6.07 Å². The summed E-state index contributed by atoms with van der Waals surface area (Å²) in [5.74, 6) is 0. The van der Waals surface area contributed by atoms with Crippen molar-refractivity contribution in [3.8, 4) is 6.07 Å². The zero-order valence-electron chi connectivity index (χ0n) is 10.7. The van der Waals surface area contributed by atoms with Crippen molar-refractivity contribution < 1.29 is 8.42 Å². The average Bonchev–Trinajstić information content (AvgIpc) is 2.47. The van der Waals surface area contributed by atoms with E-state index in [0.717, 1.165) is 5.69 Å². The molecule has 102 valence electrons. The van der Waals surface area contributed by atoms with Crippen molar-refractivity contribution in [1.29, 1.82) is 5.26 Å². The molecule has 0 unspecified atom stereocenters. The van der Waals surface area contributed by atoms with Gasteiger partial charge in [-0.2, -0.15) is 5.26 Å². The second kappa shape index (κ2) is 5.77. The highest BCUT2D eigenvalue weighted by molar-refractivity contribution is 7.89. The lowest BCUT2D eigenvalue weighted by atomic mass is 10.2. The van der Waals surface area contributed by atoms with Crippen LogP contribution in [0.4, 0.5) is 0 Å². The minimum absolute atomic E-state index is 0.0480. The van der Waals surface area contributed by atoms with Crippen molar-refractivity contribution in [3.63, 3.8) is 0 Å². The van der Waals surface area contributed by atoms with Crippen LogP contribution >= 0.6 is 0 Å². The molecule has 6 nitrogen and oxygen atoms in total. The number of nitrogens with one attached hydrogen (secondary N) is 1. The van der Waals surface area contributed by atoms with Gasteiger partial charge < -0.3 is 0 Å². The molecule has 1 N–H and O–H groups in total. The van der Waals surface area contributed by atoms with E-state index >= 15 is 0 Å². The van der Waals surface area contributed by atoms with Crippen molar-refractivity contribution in [3.05, 3.63) is 53.6 Å². The van der Waals surface area contributed by atoms with Crippen LogP contribution < -0.4 is 4.72 Å². The van der Waals surface area contributed by atoms with Gasteiger partial charge in [-0.3, -0.25) is 9.97 Å². The van der Waals surface area contributed by atoms with Crippen LogP contribution in [-0.2, 0) is 16.6 Å². The molecule has 0 aliphatic carbocycles.